The Labute approximate surface area is 108 Å². The number of amides is 2. The fraction of sp³-hybridized carbons (Fsp3) is 0.600. The van der Waals surface area contributed by atoms with E-state index in [1.807, 2.05) is 0 Å². The van der Waals surface area contributed by atoms with Gasteiger partial charge in [0.2, 0.25) is 0 Å². The Kier molecular flexibility index (Phi) is 8.05. The summed E-state index contributed by atoms with van der Waals surface area (Å²) in [7, 11) is 0. The average Bonchev–Trinajstić information content (AvgIpc) is 2.68. The van der Waals surface area contributed by atoms with Crippen molar-refractivity contribution >= 4 is 23.8 Å². The van der Waals surface area contributed by atoms with Crippen LogP contribution in [0, 0.1) is 0 Å². The second kappa shape index (κ2) is 9.00. The maximum atomic E-state index is 11.0. The molecule has 0 aromatic carbocycles. The SMILES string of the molecule is O=C(O)CCC(=O)ON1C(=O)CCC1=O.OCCO. The van der Waals surface area contributed by atoms with Gasteiger partial charge in [-0.3, -0.25) is 14.4 Å². The van der Waals surface area contributed by atoms with Gasteiger partial charge in [0.15, 0.2) is 0 Å². The summed E-state index contributed by atoms with van der Waals surface area (Å²) in [5, 5.41) is 23.9. The zero-order chi connectivity index (χ0) is 14.8. The third-order valence-corrected chi connectivity index (χ3v) is 1.84. The van der Waals surface area contributed by atoms with Crippen LogP contribution in [0.15, 0.2) is 0 Å². The summed E-state index contributed by atoms with van der Waals surface area (Å²) < 4.78 is 0. The predicted molar refractivity (Wildman–Crippen MR) is 58.2 cm³/mol. The molecule has 0 unspecified atom stereocenters. The zero-order valence-corrected chi connectivity index (χ0v) is 10.1. The van der Waals surface area contributed by atoms with Crippen LogP contribution < -0.4 is 0 Å². The van der Waals surface area contributed by atoms with Crippen molar-refractivity contribution in [2.45, 2.75) is 25.7 Å². The van der Waals surface area contributed by atoms with Crippen LogP contribution >= 0.6 is 0 Å². The molecule has 1 aliphatic rings. The first kappa shape index (κ1) is 17.0. The van der Waals surface area contributed by atoms with Gasteiger partial charge in [0.05, 0.1) is 26.1 Å². The molecule has 0 saturated carbocycles. The normalized spacial score (nSPS) is 13.9. The van der Waals surface area contributed by atoms with Gasteiger partial charge in [0.1, 0.15) is 0 Å². The lowest BCUT2D eigenvalue weighted by molar-refractivity contribution is -0.197. The first-order chi connectivity index (χ1) is 8.92. The van der Waals surface area contributed by atoms with Crippen molar-refractivity contribution in [3.63, 3.8) is 0 Å². The lowest BCUT2D eigenvalue weighted by Crippen LogP contribution is -2.32. The molecule has 9 nitrogen and oxygen atoms in total. The molecule has 9 heteroatoms. The van der Waals surface area contributed by atoms with Crippen LogP contribution in [0.1, 0.15) is 25.7 Å². The van der Waals surface area contributed by atoms with Gasteiger partial charge in [0.25, 0.3) is 11.8 Å². The molecule has 0 bridgehead atoms. The van der Waals surface area contributed by atoms with Crippen LogP contribution in [0.4, 0.5) is 0 Å². The van der Waals surface area contributed by atoms with Crippen LogP contribution in [-0.2, 0) is 24.0 Å². The van der Waals surface area contributed by atoms with Crippen molar-refractivity contribution in [3.05, 3.63) is 0 Å². The Balaban J connectivity index is 0.000000711. The number of carbonyl (C=O) groups excluding carboxylic acids is 3. The first-order valence-electron chi connectivity index (χ1n) is 5.42. The largest absolute Gasteiger partial charge is 0.481 e. The molecule has 0 atom stereocenters. The number of aliphatic carboxylic acids is 1. The van der Waals surface area contributed by atoms with Gasteiger partial charge in [-0.2, -0.15) is 0 Å². The second-order valence-corrected chi connectivity index (χ2v) is 3.39. The van der Waals surface area contributed by atoms with E-state index in [0.717, 1.165) is 0 Å². The number of carbonyl (C=O) groups is 4. The van der Waals surface area contributed by atoms with Gasteiger partial charge in [-0.1, -0.05) is 0 Å². The summed E-state index contributed by atoms with van der Waals surface area (Å²) in [6, 6.07) is 0. The molecule has 1 saturated heterocycles. The quantitative estimate of drug-likeness (QED) is 0.512. The van der Waals surface area contributed by atoms with Crippen molar-refractivity contribution < 1.29 is 39.3 Å². The molecule has 0 aromatic rings. The summed E-state index contributed by atoms with van der Waals surface area (Å²) >= 11 is 0. The van der Waals surface area contributed by atoms with E-state index < -0.39 is 30.2 Å². The van der Waals surface area contributed by atoms with Gasteiger partial charge in [0, 0.05) is 12.8 Å². The Morgan fingerprint density at radius 2 is 1.53 bits per heavy atom. The zero-order valence-electron chi connectivity index (χ0n) is 10.1. The monoisotopic (exact) mass is 277 g/mol. The van der Waals surface area contributed by atoms with Gasteiger partial charge < -0.3 is 20.2 Å². The molecular formula is C10H15NO8. The van der Waals surface area contributed by atoms with Crippen molar-refractivity contribution in [1.29, 1.82) is 0 Å². The highest BCUT2D eigenvalue weighted by molar-refractivity contribution is 6.01. The maximum Gasteiger partial charge on any atom is 0.333 e. The summed E-state index contributed by atoms with van der Waals surface area (Å²) in [5.41, 5.74) is 0. The van der Waals surface area contributed by atoms with E-state index in [2.05, 4.69) is 4.84 Å². The summed E-state index contributed by atoms with van der Waals surface area (Å²) in [4.78, 5) is 47.4. The van der Waals surface area contributed by atoms with Crippen LogP contribution in [0.25, 0.3) is 0 Å². The summed E-state index contributed by atoms with van der Waals surface area (Å²) in [6.07, 6.45) is -0.725. The fourth-order valence-corrected chi connectivity index (χ4v) is 1.01. The van der Waals surface area contributed by atoms with E-state index in [1.54, 1.807) is 0 Å². The van der Waals surface area contributed by atoms with Crippen molar-refractivity contribution in [3.8, 4) is 0 Å². The lowest BCUT2D eigenvalue weighted by Gasteiger charge is -2.11. The van der Waals surface area contributed by atoms with Crippen LogP contribution in [0.2, 0.25) is 0 Å². The number of carboxylic acid groups (broad SMARTS) is 1. The summed E-state index contributed by atoms with van der Waals surface area (Å²) in [5.74, 6) is -3.21. The minimum absolute atomic E-state index is 0.0189. The minimum Gasteiger partial charge on any atom is -0.481 e. The van der Waals surface area contributed by atoms with Gasteiger partial charge in [-0.15, -0.1) is 5.06 Å². The van der Waals surface area contributed by atoms with E-state index in [0.29, 0.717) is 5.06 Å². The molecule has 1 rings (SSSR count). The minimum atomic E-state index is -1.15. The topological polar surface area (TPSA) is 141 Å². The van der Waals surface area contributed by atoms with Crippen molar-refractivity contribution in [2.24, 2.45) is 0 Å². The van der Waals surface area contributed by atoms with Gasteiger partial charge in [-0.25, -0.2) is 4.79 Å². The highest BCUT2D eigenvalue weighted by Crippen LogP contribution is 2.12. The number of aliphatic hydroxyl groups excluding tert-OH is 2. The highest BCUT2D eigenvalue weighted by atomic mass is 16.7. The van der Waals surface area contributed by atoms with Crippen molar-refractivity contribution in [1.82, 2.24) is 5.06 Å². The Morgan fingerprint density at radius 1 is 1.05 bits per heavy atom. The van der Waals surface area contributed by atoms with Gasteiger partial charge >= 0.3 is 11.9 Å². The number of nitrogens with zero attached hydrogens (tertiary/aromatic N) is 1. The maximum absolute atomic E-state index is 11.0. The number of aliphatic hydroxyl groups is 2. The molecule has 0 aliphatic carbocycles. The number of rotatable bonds is 5. The number of hydroxylamine groups is 2. The number of carboxylic acids is 1. The van der Waals surface area contributed by atoms with Crippen LogP contribution in [0.3, 0.4) is 0 Å². The van der Waals surface area contributed by atoms with E-state index >= 15 is 0 Å². The molecule has 2 amide bonds. The molecule has 0 radical (unpaired) electrons. The molecule has 1 heterocycles. The third-order valence-electron chi connectivity index (χ3n) is 1.84. The average molecular weight is 277 g/mol. The lowest BCUT2D eigenvalue weighted by atomic mass is 10.3. The van der Waals surface area contributed by atoms with E-state index in [4.69, 9.17) is 15.3 Å². The number of imide groups is 1. The second-order valence-electron chi connectivity index (χ2n) is 3.39. The number of hydrogen-bond donors (Lipinski definition) is 3. The molecule has 0 spiro atoms. The third kappa shape index (κ3) is 7.11. The molecule has 1 fully saturated rings. The standard InChI is InChI=1S/C8H9NO6.C2H6O2/c10-5-1-2-6(11)9(5)15-8(14)4-3-7(12)13;3-1-2-4/h1-4H2,(H,12,13);3-4H,1-2H2. The summed E-state index contributed by atoms with van der Waals surface area (Å²) in [6.45, 7) is -0.250. The Morgan fingerprint density at radius 3 is 1.89 bits per heavy atom. The van der Waals surface area contributed by atoms with Crippen molar-refractivity contribution in [2.75, 3.05) is 13.2 Å². The first-order valence-corrected chi connectivity index (χ1v) is 5.42. The highest BCUT2D eigenvalue weighted by Gasteiger charge is 2.32. The molecule has 1 aliphatic heterocycles. The van der Waals surface area contributed by atoms with Crippen LogP contribution in [0.5, 0.6) is 0 Å². The van der Waals surface area contributed by atoms with E-state index in [9.17, 15) is 19.2 Å². The fourth-order valence-electron chi connectivity index (χ4n) is 1.01. The number of hydrogen-bond acceptors (Lipinski definition) is 7. The molecule has 3 N–H and O–H groups in total. The molecule has 0 aromatic heterocycles. The van der Waals surface area contributed by atoms with E-state index in [1.165, 1.54) is 0 Å². The molecule has 108 valence electrons. The predicted octanol–water partition coefficient (Wildman–Crippen LogP) is -1.57. The molecular weight excluding hydrogens is 262 g/mol. The smallest absolute Gasteiger partial charge is 0.333 e. The van der Waals surface area contributed by atoms with Gasteiger partial charge in [-0.05, 0) is 0 Å². The Bertz CT molecular complexity index is 335. The van der Waals surface area contributed by atoms with E-state index in [-0.39, 0.29) is 32.5 Å². The van der Waals surface area contributed by atoms with Crippen LogP contribution in [-0.4, -0.2) is 57.3 Å². The molecule has 19 heavy (non-hydrogen) atoms. The Hall–Kier alpha value is -2.00.